The van der Waals surface area contributed by atoms with Crippen LogP contribution < -0.4 is 5.32 Å². The van der Waals surface area contributed by atoms with Gasteiger partial charge in [-0.3, -0.25) is 0 Å². The minimum absolute atomic E-state index is 0.482. The van der Waals surface area contributed by atoms with Crippen molar-refractivity contribution in [1.29, 1.82) is 0 Å². The number of hydrogen-bond donors (Lipinski definition) is 1. The molecule has 6 heteroatoms. The Labute approximate surface area is 99.3 Å². The van der Waals surface area contributed by atoms with Crippen molar-refractivity contribution in [2.45, 2.75) is 19.4 Å². The van der Waals surface area contributed by atoms with Gasteiger partial charge in [-0.1, -0.05) is 0 Å². The fraction of sp³-hybridized carbons (Fsp3) is 0.800. The zero-order valence-corrected chi connectivity index (χ0v) is 10.3. The highest BCUT2D eigenvalue weighted by Crippen LogP contribution is 2.17. The summed E-state index contributed by atoms with van der Waals surface area (Å²) in [5, 5.41) is 4.21. The zero-order chi connectivity index (χ0) is 11.2. The molecule has 1 aromatic heterocycles. The Balaban J connectivity index is 1.75. The van der Waals surface area contributed by atoms with Crippen molar-refractivity contribution in [3.8, 4) is 0 Å². The minimum atomic E-state index is 0.482. The zero-order valence-electron chi connectivity index (χ0n) is 9.44. The summed E-state index contributed by atoms with van der Waals surface area (Å²) in [7, 11) is 1.65. The van der Waals surface area contributed by atoms with Crippen LogP contribution in [0.25, 0.3) is 0 Å². The second-order valence-corrected chi connectivity index (χ2v) is 4.64. The van der Waals surface area contributed by atoms with Crippen LogP contribution in [-0.4, -0.2) is 36.2 Å². The van der Waals surface area contributed by atoms with E-state index in [0.29, 0.717) is 12.5 Å². The Morgan fingerprint density at radius 3 is 3.06 bits per heavy atom. The van der Waals surface area contributed by atoms with Gasteiger partial charge in [0.1, 0.15) is 6.61 Å². The van der Waals surface area contributed by atoms with Gasteiger partial charge < -0.3 is 14.8 Å². The monoisotopic (exact) mass is 243 g/mol. The molecule has 0 unspecified atom stereocenters. The van der Waals surface area contributed by atoms with E-state index in [-0.39, 0.29) is 0 Å². The fourth-order valence-electron chi connectivity index (χ4n) is 1.70. The van der Waals surface area contributed by atoms with E-state index in [4.69, 9.17) is 9.47 Å². The molecule has 1 fully saturated rings. The van der Waals surface area contributed by atoms with Gasteiger partial charge >= 0.3 is 0 Å². The highest BCUT2D eigenvalue weighted by molar-refractivity contribution is 7.09. The van der Waals surface area contributed by atoms with Crippen LogP contribution in [0.5, 0.6) is 0 Å². The summed E-state index contributed by atoms with van der Waals surface area (Å²) in [4.78, 5) is 4.32. The van der Waals surface area contributed by atoms with E-state index < -0.39 is 0 Å². The molecular formula is C10H17N3O2S. The third-order valence-electron chi connectivity index (χ3n) is 2.62. The van der Waals surface area contributed by atoms with Gasteiger partial charge in [0.2, 0.25) is 5.13 Å². The van der Waals surface area contributed by atoms with Gasteiger partial charge in [0, 0.05) is 38.4 Å². The molecule has 0 aromatic carbocycles. The van der Waals surface area contributed by atoms with Crippen LogP contribution in [0, 0.1) is 5.92 Å². The third-order valence-corrected chi connectivity index (χ3v) is 3.33. The second-order valence-electron chi connectivity index (χ2n) is 3.89. The van der Waals surface area contributed by atoms with E-state index in [0.717, 1.165) is 43.6 Å². The molecule has 0 spiro atoms. The summed E-state index contributed by atoms with van der Waals surface area (Å²) in [6, 6.07) is 0. The van der Waals surface area contributed by atoms with Crippen molar-refractivity contribution in [3.63, 3.8) is 0 Å². The summed E-state index contributed by atoms with van der Waals surface area (Å²) in [5.41, 5.74) is 0. The largest absolute Gasteiger partial charge is 0.381 e. The first-order valence-corrected chi connectivity index (χ1v) is 6.29. The van der Waals surface area contributed by atoms with E-state index >= 15 is 0 Å². The van der Waals surface area contributed by atoms with Crippen LogP contribution in [0.2, 0.25) is 0 Å². The van der Waals surface area contributed by atoms with Crippen molar-refractivity contribution >= 4 is 16.7 Å². The summed E-state index contributed by atoms with van der Waals surface area (Å²) in [5.74, 6) is 1.45. The number of nitrogens with zero attached hydrogens (tertiary/aromatic N) is 2. The van der Waals surface area contributed by atoms with Crippen molar-refractivity contribution in [2.24, 2.45) is 5.92 Å². The van der Waals surface area contributed by atoms with Gasteiger partial charge in [0.25, 0.3) is 0 Å². The molecule has 16 heavy (non-hydrogen) atoms. The molecule has 5 nitrogen and oxygen atoms in total. The summed E-state index contributed by atoms with van der Waals surface area (Å²) in [6.45, 7) is 3.22. The lowest BCUT2D eigenvalue weighted by Gasteiger charge is -2.21. The predicted octanol–water partition coefficient (Wildman–Crippen LogP) is 1.52. The van der Waals surface area contributed by atoms with Crippen LogP contribution in [0.15, 0.2) is 0 Å². The van der Waals surface area contributed by atoms with E-state index in [1.165, 1.54) is 11.5 Å². The first-order chi connectivity index (χ1) is 7.88. The number of nitrogens with one attached hydrogen (secondary N) is 1. The highest BCUT2D eigenvalue weighted by Gasteiger charge is 2.14. The van der Waals surface area contributed by atoms with Gasteiger partial charge in [-0.2, -0.15) is 4.37 Å². The smallest absolute Gasteiger partial charge is 0.202 e. The lowest BCUT2D eigenvalue weighted by atomic mass is 10.0. The van der Waals surface area contributed by atoms with Crippen LogP contribution in [0.3, 0.4) is 0 Å². The summed E-state index contributed by atoms with van der Waals surface area (Å²) < 4.78 is 14.5. The molecule has 1 aliphatic rings. The van der Waals surface area contributed by atoms with Gasteiger partial charge in [-0.05, 0) is 18.8 Å². The number of anilines is 1. The predicted molar refractivity (Wildman–Crippen MR) is 62.7 cm³/mol. The average Bonchev–Trinajstić information content (AvgIpc) is 2.76. The molecule has 0 aliphatic carbocycles. The standard InChI is InChI=1S/C10H17N3O2S/c1-14-7-9-12-10(16-13-9)11-6-8-2-4-15-5-3-8/h8H,2-7H2,1H3,(H,11,12,13). The van der Waals surface area contributed by atoms with Crippen molar-refractivity contribution in [1.82, 2.24) is 9.36 Å². The fourth-order valence-corrected chi connectivity index (χ4v) is 2.28. The van der Waals surface area contributed by atoms with E-state index in [2.05, 4.69) is 14.7 Å². The minimum Gasteiger partial charge on any atom is -0.381 e. The molecule has 0 saturated carbocycles. The van der Waals surface area contributed by atoms with Gasteiger partial charge in [-0.25, -0.2) is 4.98 Å². The Hall–Kier alpha value is -0.720. The molecule has 1 aromatic rings. The summed E-state index contributed by atoms with van der Waals surface area (Å²) in [6.07, 6.45) is 2.27. The van der Waals surface area contributed by atoms with Gasteiger partial charge in [-0.15, -0.1) is 0 Å². The quantitative estimate of drug-likeness (QED) is 0.849. The van der Waals surface area contributed by atoms with Crippen molar-refractivity contribution in [2.75, 3.05) is 32.2 Å². The molecular weight excluding hydrogens is 226 g/mol. The van der Waals surface area contributed by atoms with E-state index in [9.17, 15) is 0 Å². The molecule has 0 amide bonds. The molecule has 1 saturated heterocycles. The Morgan fingerprint density at radius 2 is 2.31 bits per heavy atom. The maximum atomic E-state index is 5.32. The van der Waals surface area contributed by atoms with Gasteiger partial charge in [0.15, 0.2) is 5.82 Å². The number of methoxy groups -OCH3 is 1. The first-order valence-electron chi connectivity index (χ1n) is 5.51. The third kappa shape index (κ3) is 3.40. The Kier molecular flexibility index (Phi) is 4.50. The Bertz CT molecular complexity index is 313. The van der Waals surface area contributed by atoms with Crippen LogP contribution in [0.4, 0.5) is 5.13 Å². The molecule has 2 rings (SSSR count). The van der Waals surface area contributed by atoms with Crippen LogP contribution in [-0.2, 0) is 16.1 Å². The normalized spacial score (nSPS) is 17.6. The molecule has 90 valence electrons. The SMILES string of the molecule is COCc1nsc(NCC2CCOCC2)n1. The number of hydrogen-bond acceptors (Lipinski definition) is 6. The lowest BCUT2D eigenvalue weighted by Crippen LogP contribution is -2.22. The summed E-state index contributed by atoms with van der Waals surface area (Å²) >= 11 is 1.39. The van der Waals surface area contributed by atoms with Crippen LogP contribution in [0.1, 0.15) is 18.7 Å². The van der Waals surface area contributed by atoms with E-state index in [1.807, 2.05) is 0 Å². The molecule has 1 aliphatic heterocycles. The molecule has 0 bridgehead atoms. The highest BCUT2D eigenvalue weighted by atomic mass is 32.1. The van der Waals surface area contributed by atoms with Crippen molar-refractivity contribution < 1.29 is 9.47 Å². The average molecular weight is 243 g/mol. The maximum absolute atomic E-state index is 5.32. The van der Waals surface area contributed by atoms with Crippen molar-refractivity contribution in [3.05, 3.63) is 5.82 Å². The van der Waals surface area contributed by atoms with E-state index in [1.54, 1.807) is 7.11 Å². The van der Waals surface area contributed by atoms with Gasteiger partial charge in [0.05, 0.1) is 0 Å². The number of ether oxygens (including phenoxy) is 2. The van der Waals surface area contributed by atoms with Crippen LogP contribution >= 0.6 is 11.5 Å². The topological polar surface area (TPSA) is 56.3 Å². The maximum Gasteiger partial charge on any atom is 0.202 e. The number of rotatable bonds is 5. The Morgan fingerprint density at radius 1 is 1.50 bits per heavy atom. The molecule has 0 atom stereocenters. The first kappa shape index (κ1) is 11.8. The molecule has 1 N–H and O–H groups in total. The lowest BCUT2D eigenvalue weighted by molar-refractivity contribution is 0.0699. The second kappa shape index (κ2) is 6.12. The molecule has 0 radical (unpaired) electrons. The molecule has 2 heterocycles. The number of aromatic nitrogens is 2.